The molecule has 7 atom stereocenters. The van der Waals surface area contributed by atoms with Crippen LogP contribution < -0.4 is 16.3 Å². The Morgan fingerprint density at radius 1 is 1.50 bits per heavy atom. The van der Waals surface area contributed by atoms with Gasteiger partial charge in [-0.15, -0.1) is 0 Å². The Morgan fingerprint density at radius 2 is 2.27 bits per heavy atom. The molecule has 0 aromatic carbocycles. The van der Waals surface area contributed by atoms with Crippen LogP contribution in [0.25, 0.3) is 0 Å². The highest BCUT2D eigenvalue weighted by molar-refractivity contribution is 7.51. The third-order valence-corrected chi connectivity index (χ3v) is 7.32. The molecule has 3 fully saturated rings. The topological polar surface area (TPSA) is 158 Å². The van der Waals surface area contributed by atoms with Crippen molar-refractivity contribution in [1.29, 1.82) is 0 Å². The first-order chi connectivity index (χ1) is 14.2. The number of unbranched alkanes of at least 4 members (excludes halogenated alkanes) is 1. The molecule has 13 heteroatoms. The minimum absolute atomic E-state index is 0.153. The second-order valence-electron chi connectivity index (χ2n) is 7.69. The zero-order valence-corrected chi connectivity index (χ0v) is 17.4. The maximum atomic E-state index is 12.9. The molecule has 3 aliphatic rings. The maximum absolute atomic E-state index is 12.9. The number of hydrogen-bond donors (Lipinski definition) is 3. The first-order valence-corrected chi connectivity index (χ1v) is 11.3. The van der Waals surface area contributed by atoms with E-state index in [4.69, 9.17) is 18.5 Å². The molecule has 166 valence electrons. The number of esters is 1. The number of hydrogen-bond acceptors (Lipinski definition) is 9. The molecule has 2 aliphatic heterocycles. The molecule has 1 aliphatic carbocycles. The van der Waals surface area contributed by atoms with Gasteiger partial charge >= 0.3 is 19.4 Å². The number of carbonyl (C=O) groups is 1. The monoisotopic (exact) mass is 445 g/mol. The Hall–Kier alpha value is -1.82. The van der Waals surface area contributed by atoms with Crippen LogP contribution in [-0.4, -0.2) is 58.2 Å². The highest BCUT2D eigenvalue weighted by Gasteiger charge is 2.81. The van der Waals surface area contributed by atoms with E-state index in [-0.39, 0.29) is 13.2 Å². The van der Waals surface area contributed by atoms with E-state index >= 15 is 0 Å². The van der Waals surface area contributed by atoms with Crippen LogP contribution in [0.5, 0.6) is 0 Å². The van der Waals surface area contributed by atoms with Gasteiger partial charge in [0.1, 0.15) is 24.4 Å². The lowest BCUT2D eigenvalue weighted by molar-refractivity contribution is -0.145. The first kappa shape index (κ1) is 21.4. The number of aliphatic hydroxyl groups is 1. The van der Waals surface area contributed by atoms with Crippen molar-refractivity contribution < 1.29 is 33.0 Å². The molecule has 1 aromatic rings. The number of aliphatic hydroxyl groups excluding tert-OH is 1. The van der Waals surface area contributed by atoms with Gasteiger partial charge in [-0.1, -0.05) is 13.3 Å². The summed E-state index contributed by atoms with van der Waals surface area (Å²) in [4.78, 5) is 37.3. The predicted octanol–water partition coefficient (Wildman–Crippen LogP) is -0.360. The first-order valence-electron chi connectivity index (χ1n) is 9.74. The van der Waals surface area contributed by atoms with E-state index in [0.29, 0.717) is 0 Å². The lowest BCUT2D eigenvalue weighted by atomic mass is 9.99. The van der Waals surface area contributed by atoms with Crippen LogP contribution in [-0.2, 0) is 27.9 Å². The Labute approximate surface area is 171 Å². The predicted molar refractivity (Wildman–Crippen MR) is 101 cm³/mol. The third kappa shape index (κ3) is 3.47. The van der Waals surface area contributed by atoms with E-state index in [0.717, 1.165) is 23.5 Å². The fraction of sp³-hybridized carbons (Fsp3) is 0.706. The number of nitrogens with one attached hydrogen (secondary N) is 2. The van der Waals surface area contributed by atoms with Crippen LogP contribution in [0, 0.1) is 5.41 Å². The molecular formula is C17H24N3O9P. The van der Waals surface area contributed by atoms with Crippen molar-refractivity contribution in [3.05, 3.63) is 33.1 Å². The Kier molecular flexibility index (Phi) is 5.50. The summed E-state index contributed by atoms with van der Waals surface area (Å²) in [5, 5.41) is 13.3. The Morgan fingerprint density at radius 3 is 2.97 bits per heavy atom. The minimum atomic E-state index is -3.83. The number of rotatable bonds is 7. The number of carbonyl (C=O) groups excluding carboxylic acids is 1. The van der Waals surface area contributed by atoms with Crippen LogP contribution in [0.3, 0.4) is 0 Å². The lowest BCUT2D eigenvalue weighted by Gasteiger charge is -2.33. The fourth-order valence-corrected chi connectivity index (χ4v) is 5.61. The molecule has 12 nitrogen and oxygen atoms in total. The molecule has 1 saturated carbocycles. The zero-order chi connectivity index (χ0) is 21.7. The van der Waals surface area contributed by atoms with Gasteiger partial charge in [-0.2, -0.15) is 0 Å². The fourth-order valence-electron chi connectivity index (χ4n) is 3.84. The minimum Gasteiger partial charge on any atom is -0.465 e. The van der Waals surface area contributed by atoms with E-state index in [1.54, 1.807) is 0 Å². The van der Waals surface area contributed by atoms with Gasteiger partial charge in [-0.05, 0) is 13.3 Å². The number of ether oxygens (including phenoxy) is 2. The summed E-state index contributed by atoms with van der Waals surface area (Å²) in [5.41, 5.74) is -2.27. The molecule has 1 spiro atoms. The van der Waals surface area contributed by atoms with Crippen LogP contribution in [0.1, 0.15) is 32.9 Å². The van der Waals surface area contributed by atoms with Gasteiger partial charge in [0.05, 0.1) is 18.6 Å². The quantitative estimate of drug-likeness (QED) is 0.287. The second-order valence-corrected chi connectivity index (χ2v) is 9.41. The van der Waals surface area contributed by atoms with Crippen molar-refractivity contribution in [2.45, 2.75) is 57.3 Å². The molecule has 0 bridgehead atoms. The largest absolute Gasteiger partial charge is 0.465 e. The van der Waals surface area contributed by atoms with Crippen LogP contribution in [0.15, 0.2) is 21.9 Å². The van der Waals surface area contributed by atoms with Gasteiger partial charge in [-0.25, -0.2) is 14.4 Å². The molecule has 2 saturated heterocycles. The van der Waals surface area contributed by atoms with Crippen molar-refractivity contribution >= 4 is 13.7 Å². The molecule has 1 aromatic heterocycles. The van der Waals surface area contributed by atoms with Crippen molar-refractivity contribution in [2.24, 2.45) is 5.41 Å². The maximum Gasteiger partial charge on any atom is 0.406 e. The Bertz CT molecular complexity index is 993. The lowest BCUT2D eigenvalue weighted by Crippen LogP contribution is -2.43. The summed E-state index contributed by atoms with van der Waals surface area (Å²) < 4.78 is 35.7. The number of fused-ring (bicyclic) bond motifs is 1. The van der Waals surface area contributed by atoms with Gasteiger partial charge in [-0.3, -0.25) is 28.2 Å². The number of nitrogens with zero attached hydrogens (tertiary/aromatic N) is 1. The zero-order valence-electron chi connectivity index (χ0n) is 16.5. The number of H-pyrrole nitrogens is 1. The van der Waals surface area contributed by atoms with Gasteiger partial charge in [0, 0.05) is 12.3 Å². The van der Waals surface area contributed by atoms with E-state index in [2.05, 4.69) is 10.1 Å². The number of aromatic nitrogens is 2. The van der Waals surface area contributed by atoms with Crippen molar-refractivity contribution in [3.63, 3.8) is 0 Å². The van der Waals surface area contributed by atoms with E-state index in [1.165, 1.54) is 13.1 Å². The summed E-state index contributed by atoms with van der Waals surface area (Å²) in [6.07, 6.45) is -0.779. The van der Waals surface area contributed by atoms with Crippen molar-refractivity contribution in [3.8, 4) is 0 Å². The molecule has 4 rings (SSSR count). The summed E-state index contributed by atoms with van der Waals surface area (Å²) in [5.74, 6) is -0.573. The molecule has 2 unspecified atom stereocenters. The van der Waals surface area contributed by atoms with Crippen LogP contribution in [0.4, 0.5) is 0 Å². The summed E-state index contributed by atoms with van der Waals surface area (Å²) in [6.45, 7) is 3.57. The van der Waals surface area contributed by atoms with Gasteiger partial charge in [0.15, 0.2) is 6.23 Å². The Balaban J connectivity index is 1.40. The van der Waals surface area contributed by atoms with Gasteiger partial charge in [0.25, 0.3) is 5.56 Å². The van der Waals surface area contributed by atoms with Crippen molar-refractivity contribution in [1.82, 2.24) is 14.6 Å². The van der Waals surface area contributed by atoms with E-state index in [1.807, 2.05) is 6.92 Å². The van der Waals surface area contributed by atoms with Gasteiger partial charge in [0.2, 0.25) is 0 Å². The highest BCUT2D eigenvalue weighted by atomic mass is 31.2. The molecule has 0 amide bonds. The van der Waals surface area contributed by atoms with Crippen molar-refractivity contribution in [2.75, 3.05) is 13.2 Å². The van der Waals surface area contributed by atoms with Gasteiger partial charge < -0.3 is 14.6 Å². The average Bonchev–Trinajstić information content (AvgIpc) is 3.21. The normalized spacial score (nSPS) is 37.8. The number of aromatic amines is 1. The molecule has 30 heavy (non-hydrogen) atoms. The summed E-state index contributed by atoms with van der Waals surface area (Å²) >= 11 is 0. The third-order valence-electron chi connectivity index (χ3n) is 5.64. The smallest absolute Gasteiger partial charge is 0.406 e. The molecular weight excluding hydrogens is 421 g/mol. The highest BCUT2D eigenvalue weighted by Crippen LogP contribution is 2.70. The van der Waals surface area contributed by atoms with E-state index in [9.17, 15) is 24.1 Å². The summed E-state index contributed by atoms with van der Waals surface area (Å²) in [7, 11) is -3.83. The average molecular weight is 445 g/mol. The summed E-state index contributed by atoms with van der Waals surface area (Å²) in [6, 6.07) is 0.224. The van der Waals surface area contributed by atoms with E-state index < -0.39 is 61.0 Å². The molecule has 3 heterocycles. The molecule has 0 radical (unpaired) electrons. The molecule has 3 N–H and O–H groups in total. The standard InChI is InChI=1S/C17H24N3O9P/c1-3-4-7-26-15(23)9(2)19-30(25)27-8-17-11(22)14(28-12(17)13(17)29-30)20-6-5-10(21)18-16(20)24/h5-6,9,11-14,22H,3-4,7-8H2,1-2H3,(H,19,25)(H,18,21,24)/t9-,11+,12-,13?,14-,17-,30?/m1/s1. The second kappa shape index (κ2) is 7.70. The van der Waals surface area contributed by atoms with Crippen LogP contribution in [0.2, 0.25) is 0 Å². The SMILES string of the molecule is CCCCOC(=O)[C@@H](C)NP1(=O)OC[C@]23C(O1)[C@H]2O[C@@H](n1ccc(=O)[nH]c1=O)[C@@H]3O. The van der Waals surface area contributed by atoms with Crippen LogP contribution >= 0.6 is 7.75 Å².